The van der Waals surface area contributed by atoms with Crippen molar-refractivity contribution < 1.29 is 9.84 Å². The summed E-state index contributed by atoms with van der Waals surface area (Å²) in [4.78, 5) is 1.37. The topological polar surface area (TPSA) is 29.5 Å². The highest BCUT2D eigenvalue weighted by Gasteiger charge is 2.60. The monoisotopic (exact) mass is 302 g/mol. The molecule has 1 N–H and O–H groups in total. The van der Waals surface area contributed by atoms with Crippen molar-refractivity contribution >= 4 is 27.3 Å². The Morgan fingerprint density at radius 3 is 2.50 bits per heavy atom. The molecule has 0 unspecified atom stereocenters. The van der Waals surface area contributed by atoms with Gasteiger partial charge in [-0.3, -0.25) is 0 Å². The van der Waals surface area contributed by atoms with Crippen molar-refractivity contribution in [2.75, 3.05) is 19.8 Å². The number of ether oxygens (including phenoxy) is 1. The molecule has 1 aromatic rings. The summed E-state index contributed by atoms with van der Waals surface area (Å²) >= 11 is 5.30. The molecule has 88 valence electrons. The summed E-state index contributed by atoms with van der Waals surface area (Å²) < 4.78 is 6.61. The van der Waals surface area contributed by atoms with Crippen LogP contribution in [0.3, 0.4) is 0 Å². The molecule has 1 aliphatic carbocycles. The summed E-state index contributed by atoms with van der Waals surface area (Å²) in [6.07, 6.45) is 3.53. The second-order valence-electron chi connectivity index (χ2n) is 5.00. The Kier molecular flexibility index (Phi) is 2.66. The van der Waals surface area contributed by atoms with Crippen LogP contribution < -0.4 is 0 Å². The third kappa shape index (κ3) is 1.30. The normalized spacial score (nSPS) is 25.9. The van der Waals surface area contributed by atoms with E-state index in [0.29, 0.717) is 6.61 Å². The Morgan fingerprint density at radius 1 is 1.44 bits per heavy atom. The maximum atomic E-state index is 9.74. The lowest BCUT2D eigenvalue weighted by Gasteiger charge is -2.59. The minimum absolute atomic E-state index is 0.0928. The van der Waals surface area contributed by atoms with Gasteiger partial charge in [0.25, 0.3) is 0 Å². The number of rotatable bonds is 3. The van der Waals surface area contributed by atoms with Gasteiger partial charge in [-0.05, 0) is 34.8 Å². The van der Waals surface area contributed by atoms with Crippen LogP contribution in [0.1, 0.15) is 24.1 Å². The van der Waals surface area contributed by atoms with Crippen molar-refractivity contribution in [2.24, 2.45) is 5.41 Å². The lowest BCUT2D eigenvalue weighted by Crippen LogP contribution is -2.62. The molecule has 0 spiro atoms. The summed E-state index contributed by atoms with van der Waals surface area (Å²) in [5.41, 5.74) is 0.187. The number of aliphatic hydroxyl groups excluding tert-OH is 1. The molecule has 1 aromatic heterocycles. The second-order valence-corrected chi connectivity index (χ2v) is 6.82. The van der Waals surface area contributed by atoms with Gasteiger partial charge < -0.3 is 9.84 Å². The fourth-order valence-corrected chi connectivity index (χ4v) is 4.69. The highest BCUT2D eigenvalue weighted by molar-refractivity contribution is 9.10. The third-order valence-electron chi connectivity index (χ3n) is 4.36. The van der Waals surface area contributed by atoms with Crippen LogP contribution >= 0.6 is 27.3 Å². The number of halogens is 1. The minimum Gasteiger partial charge on any atom is -0.396 e. The van der Waals surface area contributed by atoms with E-state index in [0.717, 1.165) is 30.5 Å². The van der Waals surface area contributed by atoms with Crippen molar-refractivity contribution in [3.05, 3.63) is 20.8 Å². The van der Waals surface area contributed by atoms with E-state index in [-0.39, 0.29) is 10.8 Å². The van der Waals surface area contributed by atoms with E-state index in [1.807, 2.05) is 0 Å². The quantitative estimate of drug-likeness (QED) is 0.930. The average Bonchev–Trinajstić information content (AvgIpc) is 2.55. The van der Waals surface area contributed by atoms with E-state index < -0.39 is 0 Å². The van der Waals surface area contributed by atoms with Crippen LogP contribution in [0.4, 0.5) is 0 Å². The smallest absolute Gasteiger partial charge is 0.0599 e. The summed E-state index contributed by atoms with van der Waals surface area (Å²) in [5.74, 6) is 0. The maximum absolute atomic E-state index is 9.74. The van der Waals surface area contributed by atoms with Crippen LogP contribution in [-0.2, 0) is 10.2 Å². The van der Waals surface area contributed by atoms with Gasteiger partial charge in [0, 0.05) is 26.8 Å². The summed E-state index contributed by atoms with van der Waals surface area (Å²) in [6.45, 7) is 1.85. The first-order valence-electron chi connectivity index (χ1n) is 5.66. The third-order valence-corrected chi connectivity index (χ3v) is 6.26. The fourth-order valence-electron chi connectivity index (χ4n) is 2.97. The van der Waals surface area contributed by atoms with Crippen molar-refractivity contribution in [2.45, 2.75) is 24.7 Å². The van der Waals surface area contributed by atoms with Gasteiger partial charge in [-0.1, -0.05) is 6.42 Å². The first-order valence-corrected chi connectivity index (χ1v) is 7.33. The Bertz CT molecular complexity index is 388. The van der Waals surface area contributed by atoms with E-state index in [2.05, 4.69) is 27.4 Å². The van der Waals surface area contributed by atoms with Gasteiger partial charge in [-0.2, -0.15) is 0 Å². The highest BCUT2D eigenvalue weighted by Crippen LogP contribution is 2.59. The summed E-state index contributed by atoms with van der Waals surface area (Å²) in [6, 6.07) is 2.20. The van der Waals surface area contributed by atoms with Gasteiger partial charge >= 0.3 is 0 Å². The molecule has 2 aliphatic rings. The van der Waals surface area contributed by atoms with E-state index in [1.165, 1.54) is 11.3 Å². The van der Waals surface area contributed by atoms with Gasteiger partial charge in [-0.15, -0.1) is 11.3 Å². The molecule has 0 amide bonds. The van der Waals surface area contributed by atoms with Gasteiger partial charge in [0.15, 0.2) is 0 Å². The van der Waals surface area contributed by atoms with Crippen LogP contribution in [-0.4, -0.2) is 24.9 Å². The molecule has 0 aromatic carbocycles. The average molecular weight is 303 g/mol. The van der Waals surface area contributed by atoms with E-state index in [4.69, 9.17) is 4.74 Å². The molecule has 2 heterocycles. The molecular weight excluding hydrogens is 288 g/mol. The maximum Gasteiger partial charge on any atom is 0.0599 e. The van der Waals surface area contributed by atoms with Crippen molar-refractivity contribution in [3.63, 3.8) is 0 Å². The molecule has 16 heavy (non-hydrogen) atoms. The number of hydrogen-bond acceptors (Lipinski definition) is 3. The van der Waals surface area contributed by atoms with Gasteiger partial charge in [0.05, 0.1) is 18.6 Å². The van der Waals surface area contributed by atoms with Gasteiger partial charge in [-0.25, -0.2) is 0 Å². The molecule has 0 radical (unpaired) electrons. The van der Waals surface area contributed by atoms with Crippen LogP contribution in [0.15, 0.2) is 15.9 Å². The molecule has 4 heteroatoms. The molecule has 1 saturated carbocycles. The zero-order chi connectivity index (χ0) is 11.2. The lowest BCUT2D eigenvalue weighted by molar-refractivity contribution is -0.171. The zero-order valence-electron chi connectivity index (χ0n) is 9.04. The first kappa shape index (κ1) is 11.2. The molecule has 3 rings (SSSR count). The summed E-state index contributed by atoms with van der Waals surface area (Å²) in [5, 5.41) is 11.9. The van der Waals surface area contributed by atoms with Crippen molar-refractivity contribution in [1.82, 2.24) is 0 Å². The molecular formula is C12H15BrO2S. The van der Waals surface area contributed by atoms with Crippen LogP contribution in [0.25, 0.3) is 0 Å². The Balaban J connectivity index is 1.99. The number of thiophene rings is 1. The van der Waals surface area contributed by atoms with Crippen molar-refractivity contribution in [1.29, 1.82) is 0 Å². The highest BCUT2D eigenvalue weighted by atomic mass is 79.9. The predicted octanol–water partition coefficient (Wildman–Crippen LogP) is 2.94. The van der Waals surface area contributed by atoms with Crippen molar-refractivity contribution in [3.8, 4) is 0 Å². The van der Waals surface area contributed by atoms with Gasteiger partial charge in [0.2, 0.25) is 0 Å². The van der Waals surface area contributed by atoms with E-state index >= 15 is 0 Å². The molecule has 1 aliphatic heterocycles. The minimum atomic E-state index is 0.0928. The molecule has 2 fully saturated rings. The molecule has 2 nitrogen and oxygen atoms in total. The van der Waals surface area contributed by atoms with E-state index in [1.54, 1.807) is 11.3 Å². The van der Waals surface area contributed by atoms with Crippen LogP contribution in [0.5, 0.6) is 0 Å². The number of hydrogen-bond donors (Lipinski definition) is 1. The zero-order valence-corrected chi connectivity index (χ0v) is 11.4. The first-order chi connectivity index (χ1) is 7.72. The number of aliphatic hydroxyl groups is 1. The molecule has 0 atom stereocenters. The largest absolute Gasteiger partial charge is 0.396 e. The second kappa shape index (κ2) is 3.80. The Morgan fingerprint density at radius 2 is 2.19 bits per heavy atom. The fraction of sp³-hybridized carbons (Fsp3) is 0.667. The van der Waals surface area contributed by atoms with Gasteiger partial charge in [0.1, 0.15) is 0 Å². The Labute approximate surface area is 108 Å². The van der Waals surface area contributed by atoms with Crippen LogP contribution in [0, 0.1) is 5.41 Å². The molecule has 1 saturated heterocycles. The predicted molar refractivity (Wildman–Crippen MR) is 67.9 cm³/mol. The summed E-state index contributed by atoms with van der Waals surface area (Å²) in [7, 11) is 0. The SMILES string of the molecule is OCC1(C2(c3cc(Br)cs3)COC2)CCC1. The van der Waals surface area contributed by atoms with E-state index in [9.17, 15) is 5.11 Å². The molecule has 0 bridgehead atoms. The standard InChI is InChI=1S/C12H15BrO2S/c13-9-4-10(16-5-9)12(7-15-8-12)11(6-14)2-1-3-11/h4-5,14H,1-3,6-8H2. The van der Waals surface area contributed by atoms with Crippen LogP contribution in [0.2, 0.25) is 0 Å². The Hall–Kier alpha value is 0.1000. The lowest BCUT2D eigenvalue weighted by atomic mass is 9.52.